The molecule has 2 N–H and O–H groups in total. The van der Waals surface area contributed by atoms with Crippen molar-refractivity contribution < 1.29 is 0 Å². The maximum Gasteiger partial charge on any atom is 0.0400 e. The molecule has 1 aromatic rings. The summed E-state index contributed by atoms with van der Waals surface area (Å²) < 4.78 is 1.14. The number of nitrogens with two attached hydrogens (primary N) is 1. The quantitative estimate of drug-likeness (QED) is 0.858. The summed E-state index contributed by atoms with van der Waals surface area (Å²) >= 11 is 3.57. The molecule has 0 radical (unpaired) electrons. The van der Waals surface area contributed by atoms with Crippen LogP contribution in [0.25, 0.3) is 0 Å². The smallest absolute Gasteiger partial charge is 0.0400 e. The molecule has 0 spiro atoms. The Morgan fingerprint density at radius 1 is 1.42 bits per heavy atom. The first-order chi connectivity index (χ1) is 9.10. The van der Waals surface area contributed by atoms with E-state index < -0.39 is 0 Å². The van der Waals surface area contributed by atoms with E-state index in [-0.39, 0.29) is 6.04 Å². The van der Waals surface area contributed by atoms with E-state index in [0.29, 0.717) is 0 Å². The zero-order valence-electron chi connectivity index (χ0n) is 12.0. The summed E-state index contributed by atoms with van der Waals surface area (Å²) in [5.74, 6) is 0.895. The number of hydrogen-bond donors (Lipinski definition) is 1. The van der Waals surface area contributed by atoms with Crippen molar-refractivity contribution in [2.24, 2.45) is 11.7 Å². The van der Waals surface area contributed by atoms with Gasteiger partial charge >= 0.3 is 0 Å². The van der Waals surface area contributed by atoms with Gasteiger partial charge in [0, 0.05) is 29.3 Å². The molecule has 2 nitrogen and oxygen atoms in total. The van der Waals surface area contributed by atoms with Crippen LogP contribution in [-0.2, 0) is 6.42 Å². The van der Waals surface area contributed by atoms with E-state index in [1.54, 1.807) is 0 Å². The molecular formula is C16H25BrN2. The van der Waals surface area contributed by atoms with Gasteiger partial charge in [-0.05, 0) is 62.8 Å². The summed E-state index contributed by atoms with van der Waals surface area (Å²) in [5, 5.41) is 0. The van der Waals surface area contributed by atoms with Gasteiger partial charge in [-0.1, -0.05) is 22.4 Å². The summed E-state index contributed by atoms with van der Waals surface area (Å²) in [6, 6.07) is 6.81. The number of benzene rings is 1. The van der Waals surface area contributed by atoms with Crippen LogP contribution in [0.15, 0.2) is 22.7 Å². The molecule has 19 heavy (non-hydrogen) atoms. The molecule has 1 unspecified atom stereocenters. The number of rotatable bonds is 6. The molecule has 106 valence electrons. The highest BCUT2D eigenvalue weighted by Crippen LogP contribution is 2.31. The largest absolute Gasteiger partial charge is 0.371 e. The van der Waals surface area contributed by atoms with Gasteiger partial charge in [-0.3, -0.25) is 0 Å². The second-order valence-electron chi connectivity index (χ2n) is 5.79. The Morgan fingerprint density at radius 2 is 2.16 bits per heavy atom. The van der Waals surface area contributed by atoms with Crippen molar-refractivity contribution in [1.82, 2.24) is 0 Å². The predicted molar refractivity (Wildman–Crippen MR) is 86.7 cm³/mol. The monoisotopic (exact) mass is 324 g/mol. The van der Waals surface area contributed by atoms with E-state index in [1.807, 2.05) is 0 Å². The van der Waals surface area contributed by atoms with Gasteiger partial charge in [-0.15, -0.1) is 0 Å². The fourth-order valence-corrected chi connectivity index (χ4v) is 3.17. The first-order valence-electron chi connectivity index (χ1n) is 7.39. The van der Waals surface area contributed by atoms with E-state index in [0.717, 1.165) is 23.4 Å². The molecule has 0 aromatic heterocycles. The van der Waals surface area contributed by atoms with Crippen LogP contribution in [-0.4, -0.2) is 19.1 Å². The number of anilines is 1. The Labute approximate surface area is 125 Å². The zero-order chi connectivity index (χ0) is 13.8. The van der Waals surface area contributed by atoms with Crippen molar-refractivity contribution in [3.63, 3.8) is 0 Å². The van der Waals surface area contributed by atoms with Crippen molar-refractivity contribution in [3.8, 4) is 0 Å². The van der Waals surface area contributed by atoms with Crippen LogP contribution in [0.4, 0.5) is 5.69 Å². The standard InChI is InChI=1S/C16H25BrN2/c1-3-19(11-13-5-4-6-13)16-8-7-15(17)10-14(16)9-12(2)18/h7-8,10,12-13H,3-6,9,11,18H2,1-2H3. The van der Waals surface area contributed by atoms with E-state index in [1.165, 1.54) is 37.1 Å². The maximum atomic E-state index is 5.99. The minimum Gasteiger partial charge on any atom is -0.371 e. The summed E-state index contributed by atoms with van der Waals surface area (Å²) in [4.78, 5) is 2.52. The number of hydrogen-bond acceptors (Lipinski definition) is 2. The maximum absolute atomic E-state index is 5.99. The van der Waals surface area contributed by atoms with Gasteiger partial charge in [0.1, 0.15) is 0 Å². The Bertz CT molecular complexity index is 413. The van der Waals surface area contributed by atoms with Gasteiger partial charge in [0.15, 0.2) is 0 Å². The minimum atomic E-state index is 0.204. The lowest BCUT2D eigenvalue weighted by Crippen LogP contribution is -2.33. The van der Waals surface area contributed by atoms with Gasteiger partial charge in [0.2, 0.25) is 0 Å². The Kier molecular flexibility index (Phi) is 5.28. The van der Waals surface area contributed by atoms with Crippen molar-refractivity contribution in [3.05, 3.63) is 28.2 Å². The van der Waals surface area contributed by atoms with Crippen LogP contribution in [0.2, 0.25) is 0 Å². The predicted octanol–water partition coefficient (Wildman–Crippen LogP) is 3.97. The van der Waals surface area contributed by atoms with Crippen molar-refractivity contribution >= 4 is 21.6 Å². The van der Waals surface area contributed by atoms with Crippen molar-refractivity contribution in [2.45, 2.75) is 45.6 Å². The summed E-state index contributed by atoms with van der Waals surface area (Å²) in [6.07, 6.45) is 5.15. The Balaban J connectivity index is 2.19. The SMILES string of the molecule is CCN(CC1CCC1)c1ccc(Br)cc1CC(C)N. The molecule has 3 heteroatoms. The van der Waals surface area contributed by atoms with E-state index >= 15 is 0 Å². The van der Waals surface area contributed by atoms with Crippen LogP contribution >= 0.6 is 15.9 Å². The summed E-state index contributed by atoms with van der Waals surface area (Å²) in [7, 11) is 0. The summed E-state index contributed by atoms with van der Waals surface area (Å²) in [5.41, 5.74) is 8.73. The van der Waals surface area contributed by atoms with Crippen molar-refractivity contribution in [1.29, 1.82) is 0 Å². The topological polar surface area (TPSA) is 29.3 Å². The highest BCUT2D eigenvalue weighted by Gasteiger charge is 2.21. The third kappa shape index (κ3) is 3.96. The molecule has 2 rings (SSSR count). The number of halogens is 1. The van der Waals surface area contributed by atoms with E-state index in [4.69, 9.17) is 5.73 Å². The van der Waals surface area contributed by atoms with Gasteiger partial charge in [0.05, 0.1) is 0 Å². The zero-order valence-corrected chi connectivity index (χ0v) is 13.6. The van der Waals surface area contributed by atoms with E-state index in [2.05, 4.69) is 52.9 Å². The highest BCUT2D eigenvalue weighted by molar-refractivity contribution is 9.10. The van der Waals surface area contributed by atoms with Crippen LogP contribution in [0.5, 0.6) is 0 Å². The van der Waals surface area contributed by atoms with Crippen molar-refractivity contribution in [2.75, 3.05) is 18.0 Å². The third-order valence-electron chi connectivity index (χ3n) is 4.01. The van der Waals surface area contributed by atoms with Crippen LogP contribution in [0, 0.1) is 5.92 Å². The first kappa shape index (κ1) is 14.9. The molecule has 0 amide bonds. The Hall–Kier alpha value is -0.540. The third-order valence-corrected chi connectivity index (χ3v) is 4.50. The molecule has 1 aliphatic rings. The Morgan fingerprint density at radius 3 is 2.68 bits per heavy atom. The molecule has 1 aromatic carbocycles. The lowest BCUT2D eigenvalue weighted by molar-refractivity contribution is 0.318. The fraction of sp³-hybridized carbons (Fsp3) is 0.625. The average molecular weight is 325 g/mol. The molecule has 1 aliphatic carbocycles. The average Bonchev–Trinajstić information content (AvgIpc) is 2.29. The van der Waals surface area contributed by atoms with Gasteiger partial charge in [-0.25, -0.2) is 0 Å². The fourth-order valence-electron chi connectivity index (χ4n) is 2.76. The van der Waals surface area contributed by atoms with Crippen LogP contribution in [0.3, 0.4) is 0 Å². The summed E-state index contributed by atoms with van der Waals surface area (Å²) in [6.45, 7) is 6.59. The lowest BCUT2D eigenvalue weighted by atomic mass is 9.85. The normalized spacial score (nSPS) is 17.1. The van der Waals surface area contributed by atoms with Gasteiger partial charge in [-0.2, -0.15) is 0 Å². The number of nitrogens with zero attached hydrogens (tertiary/aromatic N) is 1. The molecule has 0 heterocycles. The molecule has 0 aliphatic heterocycles. The van der Waals surface area contributed by atoms with Crippen LogP contribution in [0.1, 0.15) is 38.7 Å². The second kappa shape index (κ2) is 6.76. The molecule has 1 atom stereocenters. The first-order valence-corrected chi connectivity index (χ1v) is 8.18. The lowest BCUT2D eigenvalue weighted by Gasteiger charge is -2.34. The highest BCUT2D eigenvalue weighted by atomic mass is 79.9. The molecule has 1 fully saturated rings. The van der Waals surface area contributed by atoms with Gasteiger partial charge < -0.3 is 10.6 Å². The minimum absolute atomic E-state index is 0.204. The van der Waals surface area contributed by atoms with Gasteiger partial charge in [0.25, 0.3) is 0 Å². The molecule has 0 bridgehead atoms. The van der Waals surface area contributed by atoms with E-state index in [9.17, 15) is 0 Å². The second-order valence-corrected chi connectivity index (χ2v) is 6.71. The molecule has 1 saturated carbocycles. The van der Waals surface area contributed by atoms with Crippen LogP contribution < -0.4 is 10.6 Å². The molecular weight excluding hydrogens is 300 g/mol. The molecule has 0 saturated heterocycles.